The number of fused-ring (bicyclic) bond motifs is 1. The highest BCUT2D eigenvalue weighted by molar-refractivity contribution is 14.0. The lowest BCUT2D eigenvalue weighted by Crippen LogP contribution is -2.40. The molecule has 0 atom stereocenters. The smallest absolute Gasteiger partial charge is 0.198 e. The molecule has 140 valence electrons. The highest BCUT2D eigenvalue weighted by atomic mass is 127. The van der Waals surface area contributed by atoms with Crippen molar-refractivity contribution in [2.75, 3.05) is 18.5 Å². The lowest BCUT2D eigenvalue weighted by molar-refractivity contribution is 0.683. The molecule has 1 aliphatic rings. The molecule has 0 bridgehead atoms. The molecule has 1 N–H and O–H groups in total. The number of aliphatic imine (C=N–C) groups is 1. The van der Waals surface area contributed by atoms with E-state index in [1.165, 1.54) is 22.4 Å². The van der Waals surface area contributed by atoms with E-state index < -0.39 is 0 Å². The minimum Gasteiger partial charge on any atom is -0.352 e. The van der Waals surface area contributed by atoms with Crippen LogP contribution in [0, 0.1) is 0 Å². The van der Waals surface area contributed by atoms with E-state index in [1.807, 2.05) is 11.7 Å². The van der Waals surface area contributed by atoms with Gasteiger partial charge < -0.3 is 10.2 Å². The van der Waals surface area contributed by atoms with Gasteiger partial charge in [-0.3, -0.25) is 4.99 Å². The van der Waals surface area contributed by atoms with Crippen molar-refractivity contribution >= 4 is 35.6 Å². The Morgan fingerprint density at radius 2 is 2.00 bits per heavy atom. The van der Waals surface area contributed by atoms with Gasteiger partial charge in [-0.15, -0.1) is 24.0 Å². The fourth-order valence-electron chi connectivity index (χ4n) is 3.37. The predicted molar refractivity (Wildman–Crippen MR) is 119 cm³/mol. The van der Waals surface area contributed by atoms with Gasteiger partial charge in [0.2, 0.25) is 0 Å². The van der Waals surface area contributed by atoms with Crippen molar-refractivity contribution in [1.82, 2.24) is 20.1 Å². The van der Waals surface area contributed by atoms with Crippen LogP contribution in [0.5, 0.6) is 0 Å². The SMILES string of the molecule is CN=C(NCc1cccc(Cn2cncn2)c1)N1CCc2ccccc21.I. The third-order valence-corrected chi connectivity index (χ3v) is 4.61. The summed E-state index contributed by atoms with van der Waals surface area (Å²) in [5, 5.41) is 7.66. The summed E-state index contributed by atoms with van der Waals surface area (Å²) in [7, 11) is 1.84. The molecule has 4 rings (SSSR count). The van der Waals surface area contributed by atoms with Crippen molar-refractivity contribution < 1.29 is 0 Å². The number of benzene rings is 2. The molecule has 3 aromatic rings. The van der Waals surface area contributed by atoms with Crippen molar-refractivity contribution in [3.63, 3.8) is 0 Å². The summed E-state index contributed by atoms with van der Waals surface area (Å²) in [6.45, 7) is 2.42. The maximum absolute atomic E-state index is 4.48. The number of para-hydroxylation sites is 1. The first kappa shape index (κ1) is 19.3. The number of nitrogens with zero attached hydrogens (tertiary/aromatic N) is 5. The van der Waals surface area contributed by atoms with Gasteiger partial charge >= 0.3 is 0 Å². The summed E-state index contributed by atoms with van der Waals surface area (Å²) in [5.41, 5.74) is 5.05. The zero-order valence-corrected chi connectivity index (χ0v) is 17.6. The molecule has 0 amide bonds. The fourth-order valence-corrected chi connectivity index (χ4v) is 3.37. The lowest BCUT2D eigenvalue weighted by Gasteiger charge is -2.22. The van der Waals surface area contributed by atoms with E-state index in [9.17, 15) is 0 Å². The van der Waals surface area contributed by atoms with E-state index in [1.54, 1.807) is 12.7 Å². The average molecular weight is 474 g/mol. The highest BCUT2D eigenvalue weighted by Gasteiger charge is 2.22. The molecule has 6 nitrogen and oxygen atoms in total. The van der Waals surface area contributed by atoms with E-state index in [-0.39, 0.29) is 24.0 Å². The summed E-state index contributed by atoms with van der Waals surface area (Å²) in [5.74, 6) is 0.914. The van der Waals surface area contributed by atoms with Gasteiger partial charge in [0.25, 0.3) is 0 Å². The van der Waals surface area contributed by atoms with Gasteiger partial charge in [-0.25, -0.2) is 9.67 Å². The molecule has 1 aliphatic heterocycles. The van der Waals surface area contributed by atoms with Gasteiger partial charge in [-0.05, 0) is 29.2 Å². The number of aromatic nitrogens is 3. The number of rotatable bonds is 4. The van der Waals surface area contributed by atoms with E-state index in [0.717, 1.165) is 32.0 Å². The van der Waals surface area contributed by atoms with Crippen LogP contribution in [0.1, 0.15) is 16.7 Å². The number of anilines is 1. The average Bonchev–Trinajstić information content (AvgIpc) is 3.33. The van der Waals surface area contributed by atoms with E-state index in [0.29, 0.717) is 0 Å². The van der Waals surface area contributed by atoms with Gasteiger partial charge in [0, 0.05) is 25.8 Å². The van der Waals surface area contributed by atoms with Crippen LogP contribution in [0.2, 0.25) is 0 Å². The first-order chi connectivity index (χ1) is 12.8. The minimum atomic E-state index is 0. The number of nitrogens with one attached hydrogen (secondary N) is 1. The van der Waals surface area contributed by atoms with Gasteiger partial charge in [0.1, 0.15) is 12.7 Å². The summed E-state index contributed by atoms with van der Waals surface area (Å²) >= 11 is 0. The third-order valence-electron chi connectivity index (χ3n) is 4.61. The van der Waals surface area contributed by atoms with Crippen LogP contribution in [0.25, 0.3) is 0 Å². The largest absolute Gasteiger partial charge is 0.352 e. The molecular formula is C20H23IN6. The quantitative estimate of drug-likeness (QED) is 0.359. The van der Waals surface area contributed by atoms with Gasteiger partial charge in [0.15, 0.2) is 5.96 Å². The predicted octanol–water partition coefficient (Wildman–Crippen LogP) is 3.08. The monoisotopic (exact) mass is 474 g/mol. The second kappa shape index (κ2) is 8.98. The van der Waals surface area contributed by atoms with Gasteiger partial charge in [-0.1, -0.05) is 42.5 Å². The number of hydrogen-bond acceptors (Lipinski definition) is 3. The third kappa shape index (κ3) is 4.47. The molecular weight excluding hydrogens is 451 g/mol. The Hall–Kier alpha value is -2.42. The summed E-state index contributed by atoms with van der Waals surface area (Å²) in [4.78, 5) is 10.7. The Bertz CT molecular complexity index is 906. The van der Waals surface area contributed by atoms with Crippen molar-refractivity contribution in [2.45, 2.75) is 19.5 Å². The molecule has 2 aromatic carbocycles. The maximum atomic E-state index is 4.48. The standard InChI is InChI=1S/C20H22N6.HI/c1-21-20(26-10-9-18-7-2-3-8-19(18)26)23-12-16-5-4-6-17(11-16)13-25-15-22-14-24-25;/h2-8,11,14-15H,9-10,12-13H2,1H3,(H,21,23);1H. The Morgan fingerprint density at radius 3 is 2.81 bits per heavy atom. The summed E-state index contributed by atoms with van der Waals surface area (Å²) in [6.07, 6.45) is 4.35. The zero-order chi connectivity index (χ0) is 17.8. The van der Waals surface area contributed by atoms with Crippen LogP contribution in [0.3, 0.4) is 0 Å². The van der Waals surface area contributed by atoms with Crippen molar-refractivity contribution in [1.29, 1.82) is 0 Å². The molecule has 0 spiro atoms. The van der Waals surface area contributed by atoms with Crippen LogP contribution >= 0.6 is 24.0 Å². The van der Waals surface area contributed by atoms with Crippen LogP contribution in [0.15, 0.2) is 66.2 Å². The summed E-state index contributed by atoms with van der Waals surface area (Å²) < 4.78 is 1.83. The van der Waals surface area contributed by atoms with Crippen LogP contribution < -0.4 is 10.2 Å². The molecule has 0 unspecified atom stereocenters. The molecule has 0 radical (unpaired) electrons. The van der Waals surface area contributed by atoms with E-state index >= 15 is 0 Å². The topological polar surface area (TPSA) is 58.3 Å². The van der Waals surface area contributed by atoms with Crippen LogP contribution in [0.4, 0.5) is 5.69 Å². The van der Waals surface area contributed by atoms with E-state index in [4.69, 9.17) is 0 Å². The summed E-state index contributed by atoms with van der Waals surface area (Å²) in [6, 6.07) is 17.0. The second-order valence-electron chi connectivity index (χ2n) is 6.34. The van der Waals surface area contributed by atoms with Crippen LogP contribution in [-0.4, -0.2) is 34.3 Å². The molecule has 0 saturated heterocycles. The fraction of sp³-hybridized carbons (Fsp3) is 0.250. The van der Waals surface area contributed by atoms with Gasteiger partial charge in [0.05, 0.1) is 6.54 Å². The minimum absolute atomic E-state index is 0. The maximum Gasteiger partial charge on any atom is 0.198 e. The molecule has 7 heteroatoms. The van der Waals surface area contributed by atoms with Gasteiger partial charge in [-0.2, -0.15) is 5.10 Å². The lowest BCUT2D eigenvalue weighted by atomic mass is 10.1. The molecule has 1 aromatic heterocycles. The van der Waals surface area contributed by atoms with Crippen LogP contribution in [-0.2, 0) is 19.5 Å². The number of guanidine groups is 1. The molecule has 27 heavy (non-hydrogen) atoms. The van der Waals surface area contributed by atoms with Crippen molar-refractivity contribution in [3.8, 4) is 0 Å². The first-order valence-corrected chi connectivity index (χ1v) is 8.80. The normalized spacial score (nSPS) is 13.2. The number of halogens is 1. The molecule has 2 heterocycles. The van der Waals surface area contributed by atoms with Crippen molar-refractivity contribution in [3.05, 3.63) is 77.9 Å². The van der Waals surface area contributed by atoms with E-state index in [2.05, 4.69) is 73.8 Å². The Labute approximate surface area is 176 Å². The number of hydrogen-bond donors (Lipinski definition) is 1. The first-order valence-electron chi connectivity index (χ1n) is 8.80. The zero-order valence-electron chi connectivity index (χ0n) is 15.2. The molecule has 0 fully saturated rings. The highest BCUT2D eigenvalue weighted by Crippen LogP contribution is 2.27. The molecule has 0 aliphatic carbocycles. The second-order valence-corrected chi connectivity index (χ2v) is 6.34. The van der Waals surface area contributed by atoms with Crippen molar-refractivity contribution in [2.24, 2.45) is 4.99 Å². The Morgan fingerprint density at radius 1 is 1.15 bits per heavy atom. The molecule has 0 saturated carbocycles. The Kier molecular flexibility index (Phi) is 6.44. The Balaban J connectivity index is 0.00000210.